The van der Waals surface area contributed by atoms with Crippen LogP contribution in [0.1, 0.15) is 89.8 Å². The fraction of sp³-hybridized carbons (Fsp3) is 0.800. The summed E-state index contributed by atoms with van der Waals surface area (Å²) in [6.45, 7) is 13.7. The van der Waals surface area contributed by atoms with Gasteiger partial charge in [-0.3, -0.25) is 0 Å². The summed E-state index contributed by atoms with van der Waals surface area (Å²) in [4.78, 5) is 3.02. The Morgan fingerprint density at radius 2 is 1.17 bits per heavy atom. The van der Waals surface area contributed by atoms with Crippen molar-refractivity contribution in [3.05, 3.63) is 21.9 Å². The molecule has 23 heavy (non-hydrogen) atoms. The summed E-state index contributed by atoms with van der Waals surface area (Å²) in [6, 6.07) is 5.32. The van der Waals surface area contributed by atoms with Gasteiger partial charge in [-0.2, -0.15) is 0 Å². The number of hydrogen-bond acceptors (Lipinski definition) is 3. The quantitative estimate of drug-likeness (QED) is 0.605. The SMILES string of the molecule is CC(N)CCCC(C)(C)c1ccc(C(C)(C)CCCC(C)N)s1. The summed E-state index contributed by atoms with van der Waals surface area (Å²) in [5.74, 6) is 0. The molecule has 0 bridgehead atoms. The topological polar surface area (TPSA) is 52.0 Å². The van der Waals surface area contributed by atoms with Gasteiger partial charge in [0.15, 0.2) is 0 Å². The molecule has 0 aromatic carbocycles. The van der Waals surface area contributed by atoms with Crippen molar-refractivity contribution in [2.24, 2.45) is 11.5 Å². The van der Waals surface area contributed by atoms with E-state index in [0.29, 0.717) is 12.1 Å². The highest BCUT2D eigenvalue weighted by Crippen LogP contribution is 2.40. The second-order valence-corrected chi connectivity index (χ2v) is 9.75. The molecule has 1 aromatic rings. The Kier molecular flexibility index (Phi) is 7.76. The van der Waals surface area contributed by atoms with Gasteiger partial charge in [-0.15, -0.1) is 11.3 Å². The monoisotopic (exact) mass is 338 g/mol. The van der Waals surface area contributed by atoms with Crippen molar-refractivity contribution in [3.63, 3.8) is 0 Å². The highest BCUT2D eigenvalue weighted by atomic mass is 32.1. The van der Waals surface area contributed by atoms with Crippen LogP contribution in [0.4, 0.5) is 0 Å². The molecule has 0 radical (unpaired) electrons. The van der Waals surface area contributed by atoms with Gasteiger partial charge in [-0.05, 0) is 62.5 Å². The third-order valence-electron chi connectivity index (χ3n) is 4.86. The maximum absolute atomic E-state index is 5.88. The normalized spacial score (nSPS) is 15.7. The van der Waals surface area contributed by atoms with Gasteiger partial charge < -0.3 is 11.5 Å². The largest absolute Gasteiger partial charge is 0.328 e. The van der Waals surface area contributed by atoms with Crippen LogP contribution >= 0.6 is 11.3 Å². The van der Waals surface area contributed by atoms with Gasteiger partial charge in [0.05, 0.1) is 0 Å². The molecule has 0 spiro atoms. The van der Waals surface area contributed by atoms with Crippen LogP contribution in [0, 0.1) is 0 Å². The number of rotatable bonds is 10. The molecule has 0 fully saturated rings. The van der Waals surface area contributed by atoms with Crippen molar-refractivity contribution in [3.8, 4) is 0 Å². The molecular weight excluding hydrogens is 300 g/mol. The molecule has 1 aromatic heterocycles. The van der Waals surface area contributed by atoms with E-state index in [9.17, 15) is 0 Å². The van der Waals surface area contributed by atoms with Gasteiger partial charge in [-0.25, -0.2) is 0 Å². The van der Waals surface area contributed by atoms with Crippen LogP contribution in [0.3, 0.4) is 0 Å². The molecule has 0 amide bonds. The first-order valence-corrected chi connectivity index (χ1v) is 9.98. The van der Waals surface area contributed by atoms with E-state index in [1.54, 1.807) is 0 Å². The van der Waals surface area contributed by atoms with E-state index >= 15 is 0 Å². The van der Waals surface area contributed by atoms with E-state index in [1.165, 1.54) is 35.4 Å². The Morgan fingerprint density at radius 1 is 0.826 bits per heavy atom. The molecule has 0 aliphatic carbocycles. The molecule has 0 saturated heterocycles. The molecule has 0 aliphatic heterocycles. The lowest BCUT2D eigenvalue weighted by molar-refractivity contribution is 0.445. The van der Waals surface area contributed by atoms with E-state index in [-0.39, 0.29) is 10.8 Å². The molecule has 0 aliphatic rings. The lowest BCUT2D eigenvalue weighted by Gasteiger charge is -2.26. The van der Waals surface area contributed by atoms with E-state index in [4.69, 9.17) is 11.5 Å². The van der Waals surface area contributed by atoms with Crippen molar-refractivity contribution < 1.29 is 0 Å². The fourth-order valence-corrected chi connectivity index (χ4v) is 4.31. The van der Waals surface area contributed by atoms with Crippen LogP contribution in [0.25, 0.3) is 0 Å². The van der Waals surface area contributed by atoms with Gasteiger partial charge >= 0.3 is 0 Å². The Bertz CT molecular complexity index is 417. The minimum absolute atomic E-state index is 0.250. The minimum atomic E-state index is 0.250. The average Bonchev–Trinajstić information content (AvgIpc) is 2.88. The second-order valence-electron chi connectivity index (χ2n) is 8.67. The van der Waals surface area contributed by atoms with Crippen LogP contribution in [-0.2, 0) is 10.8 Å². The van der Waals surface area contributed by atoms with E-state index < -0.39 is 0 Å². The zero-order valence-corrected chi connectivity index (χ0v) is 16.9. The molecule has 0 saturated carbocycles. The van der Waals surface area contributed by atoms with Crippen LogP contribution in [0.5, 0.6) is 0 Å². The minimum Gasteiger partial charge on any atom is -0.328 e. The first-order chi connectivity index (χ1) is 10.5. The predicted molar refractivity (Wildman–Crippen MR) is 105 cm³/mol. The van der Waals surface area contributed by atoms with Crippen molar-refractivity contribution in [2.45, 2.75) is 103 Å². The van der Waals surface area contributed by atoms with Gasteiger partial charge in [-0.1, -0.05) is 40.5 Å². The molecule has 2 atom stereocenters. The molecule has 1 heterocycles. The van der Waals surface area contributed by atoms with Crippen molar-refractivity contribution in [2.75, 3.05) is 0 Å². The molecule has 4 N–H and O–H groups in total. The average molecular weight is 339 g/mol. The molecular formula is C20H38N2S. The van der Waals surface area contributed by atoms with Crippen molar-refractivity contribution in [1.82, 2.24) is 0 Å². The summed E-state index contributed by atoms with van der Waals surface area (Å²) < 4.78 is 0. The Labute approximate surface area is 148 Å². The number of hydrogen-bond donors (Lipinski definition) is 2. The summed E-state index contributed by atoms with van der Waals surface area (Å²) in [5.41, 5.74) is 12.3. The first-order valence-electron chi connectivity index (χ1n) is 9.16. The predicted octanol–water partition coefficient (Wildman–Crippen LogP) is 5.34. The zero-order valence-electron chi connectivity index (χ0n) is 16.1. The number of thiophene rings is 1. The van der Waals surface area contributed by atoms with Crippen LogP contribution < -0.4 is 11.5 Å². The lowest BCUT2D eigenvalue weighted by Crippen LogP contribution is -2.20. The molecule has 1 rings (SSSR count). The maximum Gasteiger partial charge on any atom is 0.0105 e. The molecule has 134 valence electrons. The highest BCUT2D eigenvalue weighted by molar-refractivity contribution is 7.12. The zero-order chi connectivity index (χ0) is 17.7. The Balaban J connectivity index is 2.67. The maximum atomic E-state index is 5.88. The summed E-state index contributed by atoms with van der Waals surface area (Å²) >= 11 is 2.00. The summed E-state index contributed by atoms with van der Waals surface area (Å²) in [5, 5.41) is 0. The van der Waals surface area contributed by atoms with Crippen LogP contribution in [0.15, 0.2) is 12.1 Å². The summed E-state index contributed by atoms with van der Waals surface area (Å²) in [7, 11) is 0. The Hall–Kier alpha value is -0.380. The van der Waals surface area contributed by atoms with E-state index in [2.05, 4.69) is 53.7 Å². The highest BCUT2D eigenvalue weighted by Gasteiger charge is 2.27. The third-order valence-corrected chi connectivity index (χ3v) is 6.68. The fourth-order valence-electron chi connectivity index (χ4n) is 3.04. The number of nitrogens with two attached hydrogens (primary N) is 2. The van der Waals surface area contributed by atoms with Crippen LogP contribution in [-0.4, -0.2) is 12.1 Å². The molecule has 2 nitrogen and oxygen atoms in total. The van der Waals surface area contributed by atoms with E-state index in [0.717, 1.165) is 12.8 Å². The van der Waals surface area contributed by atoms with Gasteiger partial charge in [0.2, 0.25) is 0 Å². The molecule has 3 heteroatoms. The molecule has 2 unspecified atom stereocenters. The summed E-state index contributed by atoms with van der Waals surface area (Å²) in [6.07, 6.45) is 7.06. The second kappa shape index (κ2) is 8.64. The lowest BCUT2D eigenvalue weighted by atomic mass is 9.84. The van der Waals surface area contributed by atoms with Gasteiger partial charge in [0, 0.05) is 21.8 Å². The standard InChI is InChI=1S/C20H38N2S/c1-15(21)9-7-13-19(3,4)17-11-12-18(23-17)20(5,6)14-8-10-16(2)22/h11-12,15-16H,7-10,13-14,21-22H2,1-6H3. The van der Waals surface area contributed by atoms with Gasteiger partial charge in [0.25, 0.3) is 0 Å². The first kappa shape index (κ1) is 20.7. The van der Waals surface area contributed by atoms with Crippen molar-refractivity contribution in [1.29, 1.82) is 0 Å². The van der Waals surface area contributed by atoms with Gasteiger partial charge in [0.1, 0.15) is 0 Å². The Morgan fingerprint density at radius 3 is 1.48 bits per heavy atom. The third kappa shape index (κ3) is 6.94. The van der Waals surface area contributed by atoms with Crippen LogP contribution in [0.2, 0.25) is 0 Å². The van der Waals surface area contributed by atoms with E-state index in [1.807, 2.05) is 11.3 Å². The van der Waals surface area contributed by atoms with Crippen molar-refractivity contribution >= 4 is 11.3 Å². The smallest absolute Gasteiger partial charge is 0.0105 e.